The van der Waals surface area contributed by atoms with Gasteiger partial charge in [0.1, 0.15) is 0 Å². The first-order valence-electron chi connectivity index (χ1n) is 9.41. The van der Waals surface area contributed by atoms with E-state index in [2.05, 4.69) is 17.6 Å². The zero-order valence-electron chi connectivity index (χ0n) is 15.9. The van der Waals surface area contributed by atoms with Gasteiger partial charge in [-0.3, -0.25) is 9.59 Å². The van der Waals surface area contributed by atoms with Crippen LogP contribution in [0.25, 0.3) is 0 Å². The Balaban J connectivity index is 2.14. The minimum Gasteiger partial charge on any atom is -0.378 e. The summed E-state index contributed by atoms with van der Waals surface area (Å²) in [7, 11) is 3.90. The zero-order chi connectivity index (χ0) is 18.5. The van der Waals surface area contributed by atoms with E-state index in [0.717, 1.165) is 18.5 Å². The molecule has 0 atom stereocenters. The van der Waals surface area contributed by atoms with Crippen LogP contribution in [0, 0.1) is 0 Å². The molecule has 0 radical (unpaired) electrons. The highest BCUT2D eigenvalue weighted by Gasteiger charge is 2.12. The summed E-state index contributed by atoms with van der Waals surface area (Å²) >= 11 is 0. The monoisotopic (exact) mass is 347 g/mol. The fraction of sp³-hybridized carbons (Fsp3) is 0.600. The highest BCUT2D eigenvalue weighted by molar-refractivity contribution is 6.39. The number of carbonyl (C=O) groups is 2. The van der Waals surface area contributed by atoms with Crippen molar-refractivity contribution in [2.45, 2.75) is 58.3 Å². The molecule has 1 aromatic rings. The molecule has 0 fully saturated rings. The quantitative estimate of drug-likeness (QED) is 0.471. The van der Waals surface area contributed by atoms with Crippen molar-refractivity contribution < 1.29 is 9.59 Å². The summed E-state index contributed by atoms with van der Waals surface area (Å²) in [6.45, 7) is 2.78. The van der Waals surface area contributed by atoms with Gasteiger partial charge in [0, 0.05) is 32.0 Å². The summed E-state index contributed by atoms with van der Waals surface area (Å²) in [5.74, 6) is -1.18. The van der Waals surface area contributed by atoms with E-state index in [1.54, 1.807) is 12.1 Å². The van der Waals surface area contributed by atoms with E-state index < -0.39 is 11.8 Å². The maximum atomic E-state index is 11.9. The van der Waals surface area contributed by atoms with Gasteiger partial charge in [-0.05, 0) is 30.7 Å². The number of amides is 2. The topological polar surface area (TPSA) is 61.4 Å². The van der Waals surface area contributed by atoms with Crippen molar-refractivity contribution in [1.29, 1.82) is 0 Å². The fourth-order valence-electron chi connectivity index (χ4n) is 2.57. The van der Waals surface area contributed by atoms with Crippen molar-refractivity contribution in [2.75, 3.05) is 30.9 Å². The number of unbranched alkanes of at least 4 members (excludes halogenated alkanes) is 7. The zero-order valence-corrected chi connectivity index (χ0v) is 15.9. The summed E-state index contributed by atoms with van der Waals surface area (Å²) < 4.78 is 0. The van der Waals surface area contributed by atoms with Crippen molar-refractivity contribution in [3.63, 3.8) is 0 Å². The lowest BCUT2D eigenvalue weighted by Gasteiger charge is -2.13. The lowest BCUT2D eigenvalue weighted by atomic mass is 10.1. The number of anilines is 2. The largest absolute Gasteiger partial charge is 0.378 e. The first-order valence-corrected chi connectivity index (χ1v) is 9.41. The minimum atomic E-state index is -0.614. The summed E-state index contributed by atoms with van der Waals surface area (Å²) in [6, 6.07) is 7.38. The van der Waals surface area contributed by atoms with Gasteiger partial charge in [-0.25, -0.2) is 0 Å². The van der Waals surface area contributed by atoms with Crippen LogP contribution in [0.3, 0.4) is 0 Å². The van der Waals surface area contributed by atoms with E-state index >= 15 is 0 Å². The van der Waals surface area contributed by atoms with Crippen molar-refractivity contribution in [3.8, 4) is 0 Å². The molecule has 1 rings (SSSR count). The molecule has 0 bridgehead atoms. The lowest BCUT2D eigenvalue weighted by Crippen LogP contribution is -2.35. The number of rotatable bonds is 11. The standard InChI is InChI=1S/C20H33N3O2/c1-4-5-6-7-8-9-10-11-16-21-19(24)20(25)22-17-12-14-18(15-13-17)23(2)3/h12-15H,4-11,16H2,1-3H3,(H,21,24)(H,22,25). The summed E-state index contributed by atoms with van der Waals surface area (Å²) in [4.78, 5) is 25.6. The second kappa shape index (κ2) is 12.3. The lowest BCUT2D eigenvalue weighted by molar-refractivity contribution is -0.136. The SMILES string of the molecule is CCCCCCCCCCNC(=O)C(=O)Nc1ccc(N(C)C)cc1. The third-order valence-corrected chi connectivity index (χ3v) is 4.16. The van der Waals surface area contributed by atoms with Gasteiger partial charge in [-0.2, -0.15) is 0 Å². The van der Waals surface area contributed by atoms with Gasteiger partial charge >= 0.3 is 11.8 Å². The van der Waals surface area contributed by atoms with E-state index in [1.807, 2.05) is 31.1 Å². The number of hydrogen-bond donors (Lipinski definition) is 2. The van der Waals surface area contributed by atoms with E-state index in [-0.39, 0.29) is 0 Å². The predicted molar refractivity (Wildman–Crippen MR) is 105 cm³/mol. The first kappa shape index (κ1) is 21.0. The molecule has 0 aliphatic rings. The number of benzene rings is 1. The van der Waals surface area contributed by atoms with Crippen LogP contribution in [0.4, 0.5) is 11.4 Å². The maximum absolute atomic E-state index is 11.9. The van der Waals surface area contributed by atoms with E-state index in [4.69, 9.17) is 0 Å². The van der Waals surface area contributed by atoms with E-state index in [0.29, 0.717) is 12.2 Å². The van der Waals surface area contributed by atoms with E-state index in [9.17, 15) is 9.59 Å². The minimum absolute atomic E-state index is 0.556. The molecule has 1 aromatic carbocycles. The summed E-state index contributed by atoms with van der Waals surface area (Å²) in [5, 5.41) is 5.30. The van der Waals surface area contributed by atoms with Gasteiger partial charge in [0.15, 0.2) is 0 Å². The van der Waals surface area contributed by atoms with Crippen molar-refractivity contribution in [2.24, 2.45) is 0 Å². The Kier molecular flexibility index (Phi) is 10.4. The molecule has 0 unspecified atom stereocenters. The molecule has 2 N–H and O–H groups in total. The molecule has 0 aliphatic heterocycles. The Bertz CT molecular complexity index is 512. The number of nitrogens with one attached hydrogen (secondary N) is 2. The van der Waals surface area contributed by atoms with Crippen molar-refractivity contribution in [1.82, 2.24) is 5.32 Å². The normalized spacial score (nSPS) is 10.4. The molecule has 5 nitrogen and oxygen atoms in total. The molecule has 0 saturated carbocycles. The van der Waals surface area contributed by atoms with Crippen LogP contribution in [0.5, 0.6) is 0 Å². The molecule has 25 heavy (non-hydrogen) atoms. The second-order valence-electron chi connectivity index (χ2n) is 6.63. The molecule has 5 heteroatoms. The molecular weight excluding hydrogens is 314 g/mol. The van der Waals surface area contributed by atoms with Gasteiger partial charge in [0.25, 0.3) is 0 Å². The Morgan fingerprint density at radius 2 is 1.40 bits per heavy atom. The van der Waals surface area contributed by atoms with Crippen LogP contribution in [-0.4, -0.2) is 32.5 Å². The first-order chi connectivity index (χ1) is 12.0. The molecule has 2 amide bonds. The number of nitrogens with zero attached hydrogens (tertiary/aromatic N) is 1. The Morgan fingerprint density at radius 1 is 0.840 bits per heavy atom. The van der Waals surface area contributed by atoms with Crippen LogP contribution < -0.4 is 15.5 Å². The number of carbonyl (C=O) groups excluding carboxylic acids is 2. The van der Waals surface area contributed by atoms with Crippen LogP contribution in [0.2, 0.25) is 0 Å². The van der Waals surface area contributed by atoms with E-state index in [1.165, 1.54) is 38.5 Å². The third-order valence-electron chi connectivity index (χ3n) is 4.16. The predicted octanol–water partition coefficient (Wildman–Crippen LogP) is 3.95. The molecular formula is C20H33N3O2. The highest BCUT2D eigenvalue weighted by atomic mass is 16.2. The molecule has 0 aromatic heterocycles. The Morgan fingerprint density at radius 3 is 1.96 bits per heavy atom. The number of hydrogen-bond acceptors (Lipinski definition) is 3. The highest BCUT2D eigenvalue weighted by Crippen LogP contribution is 2.15. The van der Waals surface area contributed by atoms with Gasteiger partial charge in [-0.15, -0.1) is 0 Å². The third kappa shape index (κ3) is 9.13. The average Bonchev–Trinajstić information content (AvgIpc) is 2.60. The van der Waals surface area contributed by atoms with Gasteiger partial charge in [-0.1, -0.05) is 51.9 Å². The van der Waals surface area contributed by atoms with Crippen molar-refractivity contribution in [3.05, 3.63) is 24.3 Å². The molecule has 140 valence electrons. The summed E-state index contributed by atoms with van der Waals surface area (Å²) in [5.41, 5.74) is 1.66. The van der Waals surface area contributed by atoms with Gasteiger partial charge < -0.3 is 15.5 Å². The van der Waals surface area contributed by atoms with Crippen LogP contribution in [0.15, 0.2) is 24.3 Å². The smallest absolute Gasteiger partial charge is 0.313 e. The molecule has 0 heterocycles. The summed E-state index contributed by atoms with van der Waals surface area (Å²) in [6.07, 6.45) is 9.70. The van der Waals surface area contributed by atoms with Gasteiger partial charge in [0.05, 0.1) is 0 Å². The Labute approximate surface area is 152 Å². The second-order valence-corrected chi connectivity index (χ2v) is 6.63. The van der Waals surface area contributed by atoms with Gasteiger partial charge in [0.2, 0.25) is 0 Å². The molecule has 0 aliphatic carbocycles. The van der Waals surface area contributed by atoms with Crippen LogP contribution in [-0.2, 0) is 9.59 Å². The molecule has 0 spiro atoms. The maximum Gasteiger partial charge on any atom is 0.313 e. The van der Waals surface area contributed by atoms with Crippen LogP contribution >= 0.6 is 0 Å². The molecule has 0 saturated heterocycles. The van der Waals surface area contributed by atoms with Crippen molar-refractivity contribution >= 4 is 23.2 Å². The van der Waals surface area contributed by atoms with Crippen LogP contribution in [0.1, 0.15) is 58.3 Å². The average molecular weight is 348 g/mol. The fourth-order valence-corrected chi connectivity index (χ4v) is 2.57. The Hall–Kier alpha value is -2.04.